The van der Waals surface area contributed by atoms with Crippen LogP contribution in [0.4, 0.5) is 4.39 Å². The lowest BCUT2D eigenvalue weighted by molar-refractivity contribution is -0.129. The average molecular weight is 1020 g/mol. The van der Waals surface area contributed by atoms with E-state index in [1.807, 2.05) is 13.8 Å². The molecule has 0 unspecified atom stereocenters. The number of halogens is 1. The molecule has 0 fully saturated rings. The molecular formula is C56H48FN3O15. The first kappa shape index (κ1) is 53.2. The molecule has 2 aliphatic heterocycles. The van der Waals surface area contributed by atoms with Gasteiger partial charge in [-0.3, -0.25) is 42.9 Å². The quantitative estimate of drug-likeness (QED) is 0.0164. The van der Waals surface area contributed by atoms with E-state index in [0.717, 1.165) is 0 Å². The molecule has 0 aromatic heterocycles. The monoisotopic (exact) mass is 1020 g/mol. The highest BCUT2D eigenvalue weighted by molar-refractivity contribution is 6.27. The van der Waals surface area contributed by atoms with Crippen molar-refractivity contribution in [3.05, 3.63) is 152 Å². The van der Waals surface area contributed by atoms with Gasteiger partial charge in [-0.05, 0) is 111 Å². The third-order valence-electron chi connectivity index (χ3n) is 11.3. The Morgan fingerprint density at radius 1 is 0.613 bits per heavy atom. The summed E-state index contributed by atoms with van der Waals surface area (Å²) in [5.41, 5.74) is 2.48. The summed E-state index contributed by atoms with van der Waals surface area (Å²) < 4.78 is 27.1. The van der Waals surface area contributed by atoms with E-state index in [9.17, 15) is 68.0 Å². The van der Waals surface area contributed by atoms with Crippen LogP contribution >= 0.6 is 0 Å². The Bertz CT molecular complexity index is 3620. The van der Waals surface area contributed by atoms with E-state index < -0.39 is 36.7 Å². The van der Waals surface area contributed by atoms with E-state index in [-0.39, 0.29) is 118 Å². The number of alkyl halides is 1. The summed E-state index contributed by atoms with van der Waals surface area (Å²) >= 11 is 0. The molecule has 0 saturated carbocycles. The van der Waals surface area contributed by atoms with Gasteiger partial charge >= 0.3 is 11.9 Å². The minimum Gasteiger partial charge on any atom is -0.508 e. The van der Waals surface area contributed by atoms with E-state index in [4.69, 9.17) is 10.2 Å². The number of carbonyl (C=O) groups is 7. The Morgan fingerprint density at radius 3 is 1.43 bits per heavy atom. The van der Waals surface area contributed by atoms with Gasteiger partial charge in [0.15, 0.2) is 28.7 Å². The average Bonchev–Trinajstić information content (AvgIpc) is 3.40. The number of Topliss-reactive ketones (excluding diaryl/α,β-unsaturated/α-hetero) is 2. The number of aromatic carboxylic acids is 2. The summed E-state index contributed by atoms with van der Waals surface area (Å²) in [5, 5.41) is 46.2. The molecule has 0 radical (unpaired) electrons. The first-order chi connectivity index (χ1) is 36.3. The number of ketones is 2. The lowest BCUT2D eigenvalue weighted by Gasteiger charge is -2.17. The molecule has 0 atom stereocenters. The lowest BCUT2D eigenvalue weighted by Crippen LogP contribution is -2.25. The molecule has 2 aliphatic carbocycles. The number of phenols is 2. The van der Waals surface area contributed by atoms with E-state index in [0.29, 0.717) is 50.6 Å². The Kier molecular flexibility index (Phi) is 17.5. The standard InChI is InChI=1S/C29H26N2O7.C26H19NO8.CH3F/c1-16(2)31-15-20(34)4-3-11-30-28(35)17-5-8-21(24(12-17)29(36)37)27-22-9-6-18(32)13-25(22)38-26-14-19(33)7-10-23(26)27;28-13-17(31)2-1-9-27-25(32)14-3-6-18(21(10-14)26(33)34)24-19-7-4-15(29)11-22(19)35-23-12-16(30)5-8-20(23)24;1-2/h5-10,12-16,32H,3-4,11H2,1-2H3,(H,30,35)(H,36,37);3-8,10-13,29H,1-2,9H2,(H,27,32)(H,33,34);1H3/i;;1D. The van der Waals surface area contributed by atoms with Crippen LogP contribution in [0.2, 0.25) is 0 Å². The van der Waals surface area contributed by atoms with Gasteiger partial charge in [-0.25, -0.2) is 9.59 Å². The Labute approximate surface area is 426 Å². The molecule has 2 heterocycles. The van der Waals surface area contributed by atoms with Gasteiger partial charge in [0.25, 0.3) is 11.8 Å². The van der Waals surface area contributed by atoms with Crippen molar-refractivity contribution in [3.8, 4) is 56.4 Å². The van der Waals surface area contributed by atoms with Gasteiger partial charge in [0.1, 0.15) is 34.2 Å². The molecule has 8 rings (SSSR count). The summed E-state index contributed by atoms with van der Waals surface area (Å²) in [6, 6.07) is 25.8. The Morgan fingerprint density at radius 2 is 1.03 bits per heavy atom. The minimum atomic E-state index is -1.27. The molecule has 18 nitrogen and oxygen atoms in total. The maximum absolute atomic E-state index is 12.7. The van der Waals surface area contributed by atoms with Crippen molar-refractivity contribution in [3.63, 3.8) is 0 Å². The lowest BCUT2D eigenvalue weighted by atomic mass is 9.90. The number of hydrogen-bond acceptors (Lipinski definition) is 14. The van der Waals surface area contributed by atoms with Crippen LogP contribution in [0.5, 0.6) is 11.5 Å². The SMILES string of the molecule is CC(C)N=CC(=O)CCCNC(=O)c1ccc(-c2c3ccc(=O)cc-3oc3cc(O)ccc23)c(C(=O)O)c1.O=CC(=O)CCCNC(=O)c1ccc(-c2c3ccc(=O)cc-3oc3cc(O)ccc23)c(C(=O)O)c1.[2H]CF. The normalized spacial score (nSPS) is 11.1. The largest absolute Gasteiger partial charge is 0.508 e. The number of carboxylic acid groups (broad SMARTS) is 2. The number of amides is 2. The van der Waals surface area contributed by atoms with E-state index in [2.05, 4.69) is 15.6 Å². The fourth-order valence-electron chi connectivity index (χ4n) is 7.95. The molecule has 19 heteroatoms. The number of aliphatic imine (C=N–C) groups is 1. The van der Waals surface area contributed by atoms with Gasteiger partial charge in [-0.2, -0.15) is 0 Å². The first-order valence-corrected chi connectivity index (χ1v) is 22.9. The second kappa shape index (κ2) is 24.7. The van der Waals surface area contributed by atoms with E-state index in [1.54, 1.807) is 18.2 Å². The maximum atomic E-state index is 12.7. The van der Waals surface area contributed by atoms with Gasteiger partial charge < -0.3 is 39.9 Å². The smallest absolute Gasteiger partial charge is 0.336 e. The molecule has 75 heavy (non-hydrogen) atoms. The molecule has 4 aromatic rings. The van der Waals surface area contributed by atoms with Crippen molar-refractivity contribution in [1.82, 2.24) is 10.6 Å². The predicted molar refractivity (Wildman–Crippen MR) is 276 cm³/mol. The summed E-state index contributed by atoms with van der Waals surface area (Å²) in [6.07, 6.45) is 2.45. The summed E-state index contributed by atoms with van der Waals surface area (Å²) in [4.78, 5) is 111. The molecule has 0 bridgehead atoms. The predicted octanol–water partition coefficient (Wildman–Crippen LogP) is 8.36. The van der Waals surface area contributed by atoms with Crippen molar-refractivity contribution in [2.45, 2.75) is 45.6 Å². The van der Waals surface area contributed by atoms with Crippen molar-refractivity contribution in [2.75, 3.05) is 20.2 Å². The molecule has 0 spiro atoms. The van der Waals surface area contributed by atoms with Gasteiger partial charge in [-0.15, -0.1) is 0 Å². The third kappa shape index (κ3) is 13.3. The van der Waals surface area contributed by atoms with Gasteiger partial charge in [0.2, 0.25) is 0 Å². The summed E-state index contributed by atoms with van der Waals surface area (Å²) in [5.74, 6) is -3.88. The molecule has 4 aliphatic rings. The fourth-order valence-corrected chi connectivity index (χ4v) is 7.95. The van der Waals surface area contributed by atoms with Crippen molar-refractivity contribution in [2.24, 2.45) is 4.99 Å². The number of hydrogen-bond donors (Lipinski definition) is 6. The first-order valence-electron chi connectivity index (χ1n) is 23.6. The van der Waals surface area contributed by atoms with Crippen molar-refractivity contribution >= 4 is 69.8 Å². The molecular weight excluding hydrogens is 974 g/mol. The number of nitrogens with one attached hydrogen (secondary N) is 2. The molecule has 6 N–H and O–H groups in total. The summed E-state index contributed by atoms with van der Waals surface area (Å²) in [6.45, 7) is 4.11. The molecule has 4 aromatic carbocycles. The number of benzene rings is 6. The highest BCUT2D eigenvalue weighted by Crippen LogP contribution is 2.44. The van der Waals surface area contributed by atoms with Crippen LogP contribution in [0.15, 0.2) is 133 Å². The van der Waals surface area contributed by atoms with E-state index in [1.165, 1.54) is 97.2 Å². The fraction of sp³-hybridized carbons (Fsp3) is 0.179. The van der Waals surface area contributed by atoms with Gasteiger partial charge in [0.05, 0.1) is 25.9 Å². The van der Waals surface area contributed by atoms with Crippen molar-refractivity contribution < 1.29 is 68.6 Å². The number of nitrogens with zero attached hydrogens (tertiary/aromatic N) is 1. The number of fused-ring (bicyclic) bond motifs is 4. The number of carbonyl (C=O) groups excluding carboxylic acids is 5. The number of rotatable bonds is 17. The molecule has 2 amide bonds. The second-order valence-corrected chi connectivity index (χ2v) is 16.9. The molecule has 384 valence electrons. The minimum absolute atomic E-state index is 0.00291. The maximum Gasteiger partial charge on any atom is 0.336 e. The highest BCUT2D eigenvalue weighted by Gasteiger charge is 2.25. The summed E-state index contributed by atoms with van der Waals surface area (Å²) in [7, 11) is -1.00. The molecule has 0 saturated heterocycles. The zero-order valence-corrected chi connectivity index (χ0v) is 40.2. The van der Waals surface area contributed by atoms with Crippen LogP contribution in [0, 0.1) is 0 Å². The van der Waals surface area contributed by atoms with Crippen LogP contribution in [0.1, 0.15) is 82.3 Å². The number of phenolic OH excluding ortho intramolecular Hbond substituents is 2. The van der Waals surface area contributed by atoms with Crippen LogP contribution < -0.4 is 21.5 Å². The van der Waals surface area contributed by atoms with Gasteiger partial charge in [0, 0.05) is 100 Å². The van der Waals surface area contributed by atoms with Crippen LogP contribution in [0.25, 0.3) is 66.8 Å². The number of carboxylic acids is 2. The highest BCUT2D eigenvalue weighted by atomic mass is 19.1. The Hall–Kier alpha value is -9.65. The van der Waals surface area contributed by atoms with Gasteiger partial charge in [-0.1, -0.05) is 12.1 Å². The third-order valence-corrected chi connectivity index (χ3v) is 11.3. The number of aldehydes is 1. The zero-order chi connectivity index (χ0) is 55.2. The van der Waals surface area contributed by atoms with E-state index >= 15 is 0 Å². The zero-order valence-electron chi connectivity index (χ0n) is 41.2. The van der Waals surface area contributed by atoms with Crippen LogP contribution in [0.3, 0.4) is 0 Å². The van der Waals surface area contributed by atoms with Crippen molar-refractivity contribution in [1.29, 1.82) is 0 Å². The second-order valence-electron chi connectivity index (χ2n) is 16.9. The van der Waals surface area contributed by atoms with Crippen LogP contribution in [-0.4, -0.2) is 94.5 Å². The van der Waals surface area contributed by atoms with Crippen LogP contribution in [-0.2, 0) is 14.4 Å². The number of aromatic hydroxyl groups is 2. The Balaban J connectivity index is 0.000000235. The topological polar surface area (TPSA) is 297 Å².